The number of nitrogens with one attached hydrogen (secondary N) is 1. The molecule has 0 bridgehead atoms. The Morgan fingerprint density at radius 2 is 1.83 bits per heavy atom. The van der Waals surface area contributed by atoms with Crippen LogP contribution in [0, 0.1) is 5.82 Å². The molecule has 0 amide bonds. The molecule has 0 saturated heterocycles. The van der Waals surface area contributed by atoms with Crippen LogP contribution in [0.2, 0.25) is 5.02 Å². The second-order valence-corrected chi connectivity index (χ2v) is 6.58. The number of halogens is 2. The Labute approximate surface area is 168 Å². The zero-order valence-corrected chi connectivity index (χ0v) is 15.7. The fourth-order valence-corrected chi connectivity index (χ4v) is 3.22. The maximum absolute atomic E-state index is 13.4. The molecule has 1 aromatic heterocycles. The van der Waals surface area contributed by atoms with E-state index in [0.717, 1.165) is 0 Å². The number of hydrogen-bond donors (Lipinski definition) is 1. The van der Waals surface area contributed by atoms with Gasteiger partial charge in [-0.05, 0) is 52.4 Å². The van der Waals surface area contributed by atoms with Gasteiger partial charge in [-0.15, -0.1) is 0 Å². The highest BCUT2D eigenvalue weighted by Crippen LogP contribution is 2.36. The molecule has 4 rings (SSSR count). The van der Waals surface area contributed by atoms with E-state index in [1.165, 1.54) is 36.1 Å². The first-order valence-corrected chi connectivity index (χ1v) is 8.80. The second-order valence-electron chi connectivity index (χ2n) is 6.14. The molecule has 2 heterocycles. The molecule has 1 aliphatic rings. The van der Waals surface area contributed by atoms with Crippen LogP contribution in [0.4, 0.5) is 10.3 Å². The van der Waals surface area contributed by atoms with Gasteiger partial charge in [-0.25, -0.2) is 9.18 Å². The number of esters is 1. The number of carbonyl (C=O) groups is 2. The lowest BCUT2D eigenvalue weighted by Crippen LogP contribution is -2.32. The predicted octanol–water partition coefficient (Wildman–Crippen LogP) is 2.79. The third kappa shape index (κ3) is 3.36. The minimum absolute atomic E-state index is 0.0607. The van der Waals surface area contributed by atoms with E-state index >= 15 is 0 Å². The van der Waals surface area contributed by atoms with Crippen LogP contribution >= 0.6 is 11.6 Å². The Morgan fingerprint density at radius 3 is 2.48 bits per heavy atom. The Kier molecular flexibility index (Phi) is 4.81. The molecular formula is C19H13ClFN5O3. The summed E-state index contributed by atoms with van der Waals surface area (Å²) in [6.07, 6.45) is 0. The van der Waals surface area contributed by atoms with Crippen molar-refractivity contribution in [3.05, 3.63) is 81.8 Å². The number of methoxy groups -OCH3 is 1. The van der Waals surface area contributed by atoms with Crippen molar-refractivity contribution in [1.82, 2.24) is 20.2 Å². The lowest BCUT2D eigenvalue weighted by atomic mass is 9.89. The Balaban J connectivity index is 1.94. The third-order valence-corrected chi connectivity index (χ3v) is 4.70. The zero-order chi connectivity index (χ0) is 20.5. The first-order chi connectivity index (χ1) is 14.0. The van der Waals surface area contributed by atoms with E-state index < -0.39 is 23.6 Å². The number of aromatic nitrogens is 4. The molecule has 1 N–H and O–H groups in total. The smallest absolute Gasteiger partial charge is 0.355 e. The summed E-state index contributed by atoms with van der Waals surface area (Å²) in [5.74, 6) is -1.58. The second kappa shape index (κ2) is 7.44. The summed E-state index contributed by atoms with van der Waals surface area (Å²) in [6.45, 7) is 0. The standard InChI is InChI=1S/C19H13ClFN5O3/c1-29-18(28)15-14(17(27)11-4-8-13(21)9-5-11)16(10-2-6-12(20)7-3-10)26-19(22-15)23-24-25-26/h2-9,16H,1H3,(H,22,23,25)/t16-/m0/s1. The summed E-state index contributed by atoms with van der Waals surface area (Å²) < 4.78 is 19.6. The fourth-order valence-electron chi connectivity index (χ4n) is 3.10. The Morgan fingerprint density at radius 1 is 1.14 bits per heavy atom. The number of carbonyl (C=O) groups excluding carboxylic acids is 2. The molecule has 146 valence electrons. The SMILES string of the molecule is COC(=O)C1=C(C(=O)c2ccc(F)cc2)[C@H](c2ccc(Cl)cc2)n2nnnc2N1. The van der Waals surface area contributed by atoms with Crippen LogP contribution in [0.15, 0.2) is 59.8 Å². The number of rotatable bonds is 4. The van der Waals surface area contributed by atoms with Gasteiger partial charge in [-0.3, -0.25) is 4.79 Å². The number of nitrogens with zero attached hydrogens (tertiary/aromatic N) is 4. The highest BCUT2D eigenvalue weighted by atomic mass is 35.5. The van der Waals surface area contributed by atoms with Crippen LogP contribution in [0.25, 0.3) is 0 Å². The molecule has 0 fully saturated rings. The lowest BCUT2D eigenvalue weighted by Gasteiger charge is -2.28. The summed E-state index contributed by atoms with van der Waals surface area (Å²) in [7, 11) is 1.20. The van der Waals surface area contributed by atoms with Gasteiger partial charge in [-0.2, -0.15) is 4.68 Å². The van der Waals surface area contributed by atoms with Gasteiger partial charge >= 0.3 is 5.97 Å². The summed E-state index contributed by atoms with van der Waals surface area (Å²) in [4.78, 5) is 25.9. The Hall–Kier alpha value is -3.59. The first-order valence-electron chi connectivity index (χ1n) is 8.42. The summed E-state index contributed by atoms with van der Waals surface area (Å²) in [6, 6.07) is 10.9. The maximum atomic E-state index is 13.4. The zero-order valence-electron chi connectivity index (χ0n) is 15.0. The van der Waals surface area contributed by atoms with Gasteiger partial charge in [-0.1, -0.05) is 28.8 Å². The molecule has 0 radical (unpaired) electrons. The van der Waals surface area contributed by atoms with Crippen molar-refractivity contribution >= 4 is 29.3 Å². The molecular weight excluding hydrogens is 401 g/mol. The first kappa shape index (κ1) is 18.8. The van der Waals surface area contributed by atoms with Gasteiger partial charge in [0.1, 0.15) is 17.6 Å². The van der Waals surface area contributed by atoms with Gasteiger partial charge < -0.3 is 10.1 Å². The number of benzene rings is 2. The van der Waals surface area contributed by atoms with E-state index in [4.69, 9.17) is 16.3 Å². The molecule has 0 saturated carbocycles. The van der Waals surface area contributed by atoms with Gasteiger partial charge in [0.05, 0.1) is 12.7 Å². The topological polar surface area (TPSA) is 99.0 Å². The number of ether oxygens (including phenoxy) is 1. The van der Waals surface area contributed by atoms with Crippen molar-refractivity contribution in [3.8, 4) is 0 Å². The minimum atomic E-state index is -0.829. The van der Waals surface area contributed by atoms with Gasteiger partial charge in [0.25, 0.3) is 0 Å². The lowest BCUT2D eigenvalue weighted by molar-refractivity contribution is -0.136. The maximum Gasteiger partial charge on any atom is 0.355 e. The summed E-state index contributed by atoms with van der Waals surface area (Å²) >= 11 is 5.99. The number of ketones is 1. The van der Waals surface area contributed by atoms with E-state index in [1.807, 2.05) is 0 Å². The molecule has 8 nitrogen and oxygen atoms in total. The van der Waals surface area contributed by atoms with Crippen molar-refractivity contribution in [2.75, 3.05) is 12.4 Å². The summed E-state index contributed by atoms with van der Waals surface area (Å²) in [5, 5.41) is 14.7. The number of fused-ring (bicyclic) bond motifs is 1. The van der Waals surface area contributed by atoms with Crippen molar-refractivity contribution < 1.29 is 18.7 Å². The van der Waals surface area contributed by atoms with E-state index in [0.29, 0.717) is 10.6 Å². The average molecular weight is 414 g/mol. The number of allylic oxidation sites excluding steroid dienone is 1. The minimum Gasteiger partial charge on any atom is -0.464 e. The molecule has 0 unspecified atom stereocenters. The van der Waals surface area contributed by atoms with E-state index in [2.05, 4.69) is 20.8 Å². The average Bonchev–Trinajstić information content (AvgIpc) is 3.21. The fraction of sp³-hybridized carbons (Fsp3) is 0.105. The largest absolute Gasteiger partial charge is 0.464 e. The molecule has 0 spiro atoms. The molecule has 3 aromatic rings. The van der Waals surface area contributed by atoms with Crippen molar-refractivity contribution in [2.24, 2.45) is 0 Å². The van der Waals surface area contributed by atoms with Crippen molar-refractivity contribution in [2.45, 2.75) is 6.04 Å². The van der Waals surface area contributed by atoms with Crippen LogP contribution in [0.1, 0.15) is 22.0 Å². The van der Waals surface area contributed by atoms with Gasteiger partial charge in [0, 0.05) is 10.6 Å². The molecule has 0 aliphatic carbocycles. The number of hydrogen-bond acceptors (Lipinski definition) is 7. The van der Waals surface area contributed by atoms with Crippen molar-refractivity contribution in [3.63, 3.8) is 0 Å². The van der Waals surface area contributed by atoms with Gasteiger partial charge in [0.15, 0.2) is 5.78 Å². The van der Waals surface area contributed by atoms with Crippen LogP contribution in [0.5, 0.6) is 0 Å². The van der Waals surface area contributed by atoms with Crippen LogP contribution < -0.4 is 5.32 Å². The number of Topliss-reactive ketones (excluding diaryl/α,β-unsaturated/α-hetero) is 1. The molecule has 1 atom stereocenters. The van der Waals surface area contributed by atoms with E-state index in [1.54, 1.807) is 24.3 Å². The highest BCUT2D eigenvalue weighted by Gasteiger charge is 2.38. The van der Waals surface area contributed by atoms with Crippen LogP contribution in [-0.2, 0) is 9.53 Å². The normalized spacial score (nSPS) is 15.5. The highest BCUT2D eigenvalue weighted by molar-refractivity contribution is 6.30. The molecule has 1 aliphatic heterocycles. The third-order valence-electron chi connectivity index (χ3n) is 4.44. The number of anilines is 1. The monoisotopic (exact) mass is 413 g/mol. The Bertz CT molecular complexity index is 1130. The van der Waals surface area contributed by atoms with E-state index in [9.17, 15) is 14.0 Å². The van der Waals surface area contributed by atoms with Crippen molar-refractivity contribution in [1.29, 1.82) is 0 Å². The molecule has 10 heteroatoms. The van der Waals surface area contributed by atoms with E-state index in [-0.39, 0.29) is 22.8 Å². The number of tetrazole rings is 1. The van der Waals surface area contributed by atoms with Crippen LogP contribution in [0.3, 0.4) is 0 Å². The van der Waals surface area contributed by atoms with Gasteiger partial charge in [0.2, 0.25) is 5.95 Å². The predicted molar refractivity (Wildman–Crippen MR) is 101 cm³/mol. The summed E-state index contributed by atoms with van der Waals surface area (Å²) in [5.41, 5.74) is 0.783. The molecule has 2 aromatic carbocycles. The quantitative estimate of drug-likeness (QED) is 0.518. The van der Waals surface area contributed by atoms with Crippen LogP contribution in [-0.4, -0.2) is 39.1 Å². The molecule has 29 heavy (non-hydrogen) atoms.